The summed E-state index contributed by atoms with van der Waals surface area (Å²) in [5, 5.41) is 6.22. The van der Waals surface area contributed by atoms with Gasteiger partial charge in [-0.05, 0) is 31.4 Å². The molecular formula is C11H20N2OS. The minimum absolute atomic E-state index is 0.184. The second kappa shape index (κ2) is 7.77. The van der Waals surface area contributed by atoms with Crippen molar-refractivity contribution in [3.8, 4) is 0 Å². The van der Waals surface area contributed by atoms with Crippen LogP contribution in [0.5, 0.6) is 0 Å². The summed E-state index contributed by atoms with van der Waals surface area (Å²) in [4.78, 5) is 11.4. The number of nitrogens with one attached hydrogen (secondary N) is 2. The summed E-state index contributed by atoms with van der Waals surface area (Å²) >= 11 is 1.79. The van der Waals surface area contributed by atoms with Gasteiger partial charge in [-0.3, -0.25) is 4.79 Å². The molecule has 0 aromatic rings. The molecule has 0 aliphatic carbocycles. The number of rotatable bonds is 6. The first-order valence-corrected chi connectivity index (χ1v) is 6.86. The minimum Gasteiger partial charge on any atom is -0.352 e. The van der Waals surface area contributed by atoms with E-state index in [0.717, 1.165) is 38.2 Å². The Hall–Kier alpha value is -0.480. The highest BCUT2D eigenvalue weighted by Gasteiger charge is 2.05. The Morgan fingerprint density at radius 1 is 1.67 bits per heavy atom. The minimum atomic E-state index is 0.184. The topological polar surface area (TPSA) is 41.1 Å². The molecule has 0 saturated heterocycles. The third kappa shape index (κ3) is 5.85. The van der Waals surface area contributed by atoms with Gasteiger partial charge in [0.15, 0.2) is 0 Å². The summed E-state index contributed by atoms with van der Waals surface area (Å²) in [5.41, 5.74) is 1.35. The molecule has 0 bridgehead atoms. The van der Waals surface area contributed by atoms with E-state index in [4.69, 9.17) is 0 Å². The highest BCUT2D eigenvalue weighted by Crippen LogP contribution is 2.03. The van der Waals surface area contributed by atoms with Gasteiger partial charge in [0, 0.05) is 19.5 Å². The summed E-state index contributed by atoms with van der Waals surface area (Å²) in [5.74, 6) is 1.25. The Morgan fingerprint density at radius 2 is 2.53 bits per heavy atom. The molecule has 1 heterocycles. The average Bonchev–Trinajstić information content (AvgIpc) is 2.28. The highest BCUT2D eigenvalue weighted by molar-refractivity contribution is 7.98. The van der Waals surface area contributed by atoms with Crippen molar-refractivity contribution < 1.29 is 4.79 Å². The summed E-state index contributed by atoms with van der Waals surface area (Å²) < 4.78 is 0. The molecule has 1 rings (SSSR count). The van der Waals surface area contributed by atoms with Crippen LogP contribution in [0.25, 0.3) is 0 Å². The Morgan fingerprint density at radius 3 is 3.20 bits per heavy atom. The number of carbonyl (C=O) groups excluding carboxylic acids is 1. The summed E-state index contributed by atoms with van der Waals surface area (Å²) in [6.07, 6.45) is 6.94. The van der Waals surface area contributed by atoms with E-state index in [1.54, 1.807) is 11.8 Å². The lowest BCUT2D eigenvalue weighted by Gasteiger charge is -2.14. The third-order valence-electron chi connectivity index (χ3n) is 2.42. The maximum absolute atomic E-state index is 11.4. The highest BCUT2D eigenvalue weighted by atomic mass is 32.2. The molecule has 0 aromatic carbocycles. The van der Waals surface area contributed by atoms with Crippen LogP contribution in [0.4, 0.5) is 0 Å². The molecule has 0 fully saturated rings. The van der Waals surface area contributed by atoms with E-state index in [0.29, 0.717) is 6.42 Å². The fraction of sp³-hybridized carbons (Fsp3) is 0.727. The second-order valence-electron chi connectivity index (χ2n) is 3.69. The molecule has 0 unspecified atom stereocenters. The fourth-order valence-corrected chi connectivity index (χ4v) is 1.94. The van der Waals surface area contributed by atoms with E-state index < -0.39 is 0 Å². The standard InChI is InChI=1S/C11H20N2OS/c1-15-8-2-3-11(14)13-9-10-4-6-12-7-5-10/h4,12H,2-3,5-9H2,1H3,(H,13,14). The Kier molecular flexibility index (Phi) is 6.52. The van der Waals surface area contributed by atoms with Gasteiger partial charge in [-0.15, -0.1) is 0 Å². The Balaban J connectivity index is 2.07. The number of amides is 1. The zero-order valence-corrected chi connectivity index (χ0v) is 10.2. The van der Waals surface area contributed by atoms with E-state index in [1.165, 1.54) is 5.57 Å². The average molecular weight is 228 g/mol. The van der Waals surface area contributed by atoms with E-state index >= 15 is 0 Å². The molecule has 2 N–H and O–H groups in total. The Labute approximate surface area is 96.1 Å². The number of hydrogen-bond donors (Lipinski definition) is 2. The number of carbonyl (C=O) groups is 1. The second-order valence-corrected chi connectivity index (χ2v) is 4.68. The molecule has 3 nitrogen and oxygen atoms in total. The van der Waals surface area contributed by atoms with Crippen LogP contribution in [-0.4, -0.2) is 37.6 Å². The molecule has 1 aliphatic rings. The van der Waals surface area contributed by atoms with Crippen molar-refractivity contribution in [2.24, 2.45) is 0 Å². The summed E-state index contributed by atoms with van der Waals surface area (Å²) in [7, 11) is 0. The quantitative estimate of drug-likeness (QED) is 0.529. The van der Waals surface area contributed by atoms with Crippen molar-refractivity contribution in [1.29, 1.82) is 0 Å². The fourth-order valence-electron chi connectivity index (χ4n) is 1.51. The SMILES string of the molecule is CSCCCC(=O)NCC1=CCNCC1. The zero-order chi connectivity index (χ0) is 10.9. The van der Waals surface area contributed by atoms with E-state index in [9.17, 15) is 4.79 Å². The molecule has 1 aliphatic heterocycles. The van der Waals surface area contributed by atoms with E-state index in [-0.39, 0.29) is 5.91 Å². The Bertz CT molecular complexity index is 229. The normalized spacial score (nSPS) is 15.9. The third-order valence-corrected chi connectivity index (χ3v) is 3.12. The lowest BCUT2D eigenvalue weighted by atomic mass is 10.1. The van der Waals surface area contributed by atoms with Crippen LogP contribution in [0.15, 0.2) is 11.6 Å². The van der Waals surface area contributed by atoms with E-state index in [2.05, 4.69) is 23.0 Å². The first kappa shape index (κ1) is 12.6. The van der Waals surface area contributed by atoms with Gasteiger partial charge in [-0.2, -0.15) is 11.8 Å². The molecule has 15 heavy (non-hydrogen) atoms. The molecule has 4 heteroatoms. The maximum atomic E-state index is 11.4. The smallest absolute Gasteiger partial charge is 0.220 e. The number of thioether (sulfide) groups is 1. The van der Waals surface area contributed by atoms with Crippen LogP contribution in [0.2, 0.25) is 0 Å². The molecule has 0 saturated carbocycles. The van der Waals surface area contributed by atoms with Crippen LogP contribution in [0.1, 0.15) is 19.3 Å². The van der Waals surface area contributed by atoms with Gasteiger partial charge in [0.2, 0.25) is 5.91 Å². The first-order valence-electron chi connectivity index (χ1n) is 5.47. The van der Waals surface area contributed by atoms with Gasteiger partial charge < -0.3 is 10.6 Å². The molecule has 0 aromatic heterocycles. The van der Waals surface area contributed by atoms with Crippen LogP contribution in [0, 0.1) is 0 Å². The maximum Gasteiger partial charge on any atom is 0.220 e. The van der Waals surface area contributed by atoms with Gasteiger partial charge in [0.05, 0.1) is 0 Å². The molecule has 86 valence electrons. The largest absolute Gasteiger partial charge is 0.352 e. The monoisotopic (exact) mass is 228 g/mol. The lowest BCUT2D eigenvalue weighted by Crippen LogP contribution is -2.29. The lowest BCUT2D eigenvalue weighted by molar-refractivity contribution is -0.120. The zero-order valence-electron chi connectivity index (χ0n) is 9.34. The summed E-state index contributed by atoms with van der Waals surface area (Å²) in [6, 6.07) is 0. The van der Waals surface area contributed by atoms with Crippen LogP contribution < -0.4 is 10.6 Å². The molecule has 1 amide bonds. The molecular weight excluding hydrogens is 208 g/mol. The van der Waals surface area contributed by atoms with Crippen molar-refractivity contribution in [2.45, 2.75) is 19.3 Å². The van der Waals surface area contributed by atoms with Crippen molar-refractivity contribution in [1.82, 2.24) is 10.6 Å². The predicted octanol–water partition coefficient (Wildman–Crippen LogP) is 1.17. The van der Waals surface area contributed by atoms with Gasteiger partial charge in [0.1, 0.15) is 0 Å². The van der Waals surface area contributed by atoms with Gasteiger partial charge in [-0.25, -0.2) is 0 Å². The van der Waals surface area contributed by atoms with E-state index in [1.807, 2.05) is 0 Å². The molecule has 0 spiro atoms. The van der Waals surface area contributed by atoms with Crippen molar-refractivity contribution in [3.63, 3.8) is 0 Å². The van der Waals surface area contributed by atoms with Crippen molar-refractivity contribution >= 4 is 17.7 Å². The van der Waals surface area contributed by atoms with Crippen LogP contribution >= 0.6 is 11.8 Å². The number of hydrogen-bond acceptors (Lipinski definition) is 3. The van der Waals surface area contributed by atoms with Crippen molar-refractivity contribution in [3.05, 3.63) is 11.6 Å². The van der Waals surface area contributed by atoms with Crippen molar-refractivity contribution in [2.75, 3.05) is 31.6 Å². The van der Waals surface area contributed by atoms with Crippen LogP contribution in [-0.2, 0) is 4.79 Å². The summed E-state index contributed by atoms with van der Waals surface area (Å²) in [6.45, 7) is 2.71. The molecule has 0 radical (unpaired) electrons. The molecule has 0 atom stereocenters. The van der Waals surface area contributed by atoms with Gasteiger partial charge in [-0.1, -0.05) is 11.6 Å². The van der Waals surface area contributed by atoms with Gasteiger partial charge >= 0.3 is 0 Å². The first-order chi connectivity index (χ1) is 7.33. The van der Waals surface area contributed by atoms with Gasteiger partial charge in [0.25, 0.3) is 0 Å². The van der Waals surface area contributed by atoms with Crippen LogP contribution in [0.3, 0.4) is 0 Å². The predicted molar refractivity (Wildman–Crippen MR) is 66.2 cm³/mol.